The zero-order chi connectivity index (χ0) is 25.4. The predicted molar refractivity (Wildman–Crippen MR) is 135 cm³/mol. The Morgan fingerprint density at radius 1 is 1.00 bits per heavy atom. The van der Waals surface area contributed by atoms with Gasteiger partial charge in [0, 0.05) is 70.8 Å². The maximum atomic E-state index is 13.5. The van der Waals surface area contributed by atoms with Gasteiger partial charge in [0.2, 0.25) is 5.78 Å². The van der Waals surface area contributed by atoms with E-state index in [0.717, 1.165) is 35.3 Å². The Morgan fingerprint density at radius 3 is 2.23 bits per heavy atom. The van der Waals surface area contributed by atoms with Crippen LogP contribution in [0.5, 0.6) is 0 Å². The molecule has 7 nitrogen and oxygen atoms in total. The number of halogens is 1. The Balaban J connectivity index is 1.50. The quantitative estimate of drug-likeness (QED) is 0.616. The normalized spacial score (nSPS) is 17.8. The summed E-state index contributed by atoms with van der Waals surface area (Å²) in [7, 11) is 7.04. The van der Waals surface area contributed by atoms with E-state index in [1.54, 1.807) is 26.2 Å². The molecule has 35 heavy (non-hydrogen) atoms. The molecule has 0 aromatic heterocycles. The number of nitrogens with zero attached hydrogens (tertiary/aromatic N) is 4. The summed E-state index contributed by atoms with van der Waals surface area (Å²) in [6, 6.07) is 10.5. The molecule has 4 rings (SSSR count). The van der Waals surface area contributed by atoms with Crippen molar-refractivity contribution in [1.29, 1.82) is 0 Å². The number of ketones is 1. The van der Waals surface area contributed by atoms with Crippen LogP contribution < -0.4 is 9.80 Å². The van der Waals surface area contributed by atoms with Crippen LogP contribution in [0, 0.1) is 12.7 Å². The van der Waals surface area contributed by atoms with Crippen LogP contribution >= 0.6 is 0 Å². The number of likely N-dealkylation sites (tertiary alicyclic amines) is 1. The molecule has 0 saturated carbocycles. The Morgan fingerprint density at radius 2 is 1.63 bits per heavy atom. The highest BCUT2D eigenvalue weighted by molar-refractivity contribution is 6.38. The molecule has 0 aliphatic carbocycles. The van der Waals surface area contributed by atoms with Gasteiger partial charge >= 0.3 is 0 Å². The van der Waals surface area contributed by atoms with Crippen molar-refractivity contribution >= 4 is 29.0 Å². The minimum absolute atomic E-state index is 0.0483. The molecular weight excluding hydrogens is 447 g/mol. The molecule has 0 N–H and O–H groups in total. The fourth-order valence-corrected chi connectivity index (χ4v) is 5.13. The lowest BCUT2D eigenvalue weighted by Crippen LogP contribution is -2.45. The molecular formula is C27H33FN4O3. The van der Waals surface area contributed by atoms with E-state index in [0.29, 0.717) is 25.2 Å². The van der Waals surface area contributed by atoms with Gasteiger partial charge in [-0.05, 0) is 67.3 Å². The predicted octanol–water partition coefficient (Wildman–Crippen LogP) is 3.07. The van der Waals surface area contributed by atoms with E-state index in [4.69, 9.17) is 0 Å². The highest BCUT2D eigenvalue weighted by Gasteiger charge is 2.37. The fraction of sp³-hybridized carbons (Fsp3) is 0.444. The van der Waals surface area contributed by atoms with E-state index in [-0.39, 0.29) is 17.8 Å². The van der Waals surface area contributed by atoms with Crippen molar-refractivity contribution in [3.63, 3.8) is 0 Å². The number of carbonyl (C=O) groups excluding carboxylic acids is 3. The van der Waals surface area contributed by atoms with Crippen molar-refractivity contribution in [2.24, 2.45) is 0 Å². The van der Waals surface area contributed by atoms with Gasteiger partial charge < -0.3 is 19.6 Å². The van der Waals surface area contributed by atoms with Gasteiger partial charge in [-0.2, -0.15) is 0 Å². The number of Topliss-reactive ketones (excluding diaryl/α,β-unsaturated/α-hetero) is 1. The van der Waals surface area contributed by atoms with Crippen molar-refractivity contribution < 1.29 is 18.8 Å². The molecule has 1 atom stereocenters. The maximum absolute atomic E-state index is 13.5. The number of rotatable bonds is 5. The van der Waals surface area contributed by atoms with Crippen molar-refractivity contribution in [1.82, 2.24) is 9.80 Å². The lowest BCUT2D eigenvalue weighted by Gasteiger charge is -2.38. The zero-order valence-electron chi connectivity index (χ0n) is 21.0. The monoisotopic (exact) mass is 480 g/mol. The summed E-state index contributed by atoms with van der Waals surface area (Å²) in [6.07, 6.45) is 1.62. The van der Waals surface area contributed by atoms with Crippen LogP contribution in [0.3, 0.4) is 0 Å². The molecule has 0 bridgehead atoms. The number of hydrogen-bond donors (Lipinski definition) is 0. The maximum Gasteiger partial charge on any atom is 0.290 e. The smallest absolute Gasteiger partial charge is 0.290 e. The topological polar surface area (TPSA) is 64.2 Å². The average molecular weight is 481 g/mol. The molecule has 1 fully saturated rings. The van der Waals surface area contributed by atoms with Crippen molar-refractivity contribution in [2.45, 2.75) is 31.7 Å². The Kier molecular flexibility index (Phi) is 6.83. The summed E-state index contributed by atoms with van der Waals surface area (Å²) in [5.74, 6) is -1.86. The highest BCUT2D eigenvalue weighted by Crippen LogP contribution is 2.38. The van der Waals surface area contributed by atoms with Gasteiger partial charge in [0.15, 0.2) is 0 Å². The molecule has 0 radical (unpaired) electrons. The summed E-state index contributed by atoms with van der Waals surface area (Å²) in [5, 5.41) is 0. The molecule has 186 valence electrons. The molecule has 1 unspecified atom stereocenters. The lowest BCUT2D eigenvalue weighted by molar-refractivity contribution is -0.143. The van der Waals surface area contributed by atoms with Crippen molar-refractivity contribution in [2.75, 3.05) is 57.6 Å². The second-order valence-electron chi connectivity index (χ2n) is 9.83. The Labute approximate surface area is 206 Å². The first kappa shape index (κ1) is 24.7. The summed E-state index contributed by atoms with van der Waals surface area (Å²) >= 11 is 0. The number of benzene rings is 2. The summed E-state index contributed by atoms with van der Waals surface area (Å²) in [5.41, 5.74) is 4.03. The number of fused-ring (bicyclic) bond motifs is 1. The molecule has 2 heterocycles. The van der Waals surface area contributed by atoms with Gasteiger partial charge in [-0.1, -0.05) is 0 Å². The van der Waals surface area contributed by atoms with Gasteiger partial charge in [-0.25, -0.2) is 4.39 Å². The minimum Gasteiger partial charge on any atom is -0.373 e. The van der Waals surface area contributed by atoms with E-state index in [2.05, 4.69) is 4.90 Å². The zero-order valence-corrected chi connectivity index (χ0v) is 21.0. The van der Waals surface area contributed by atoms with Crippen LogP contribution in [0.4, 0.5) is 15.8 Å². The van der Waals surface area contributed by atoms with Crippen LogP contribution in [0.15, 0.2) is 36.4 Å². The summed E-state index contributed by atoms with van der Waals surface area (Å²) < 4.78 is 13.3. The van der Waals surface area contributed by atoms with Crippen molar-refractivity contribution in [3.8, 4) is 0 Å². The van der Waals surface area contributed by atoms with Crippen LogP contribution in [-0.4, -0.2) is 81.3 Å². The third-order valence-corrected chi connectivity index (χ3v) is 7.31. The number of aryl methyl sites for hydroxylation is 1. The fourth-order valence-electron chi connectivity index (χ4n) is 5.13. The van der Waals surface area contributed by atoms with Crippen LogP contribution in [-0.2, 0) is 9.59 Å². The molecule has 1 saturated heterocycles. The number of carbonyl (C=O) groups is 3. The minimum atomic E-state index is -0.577. The van der Waals surface area contributed by atoms with Crippen LogP contribution in [0.2, 0.25) is 0 Å². The third-order valence-electron chi connectivity index (χ3n) is 7.31. The van der Waals surface area contributed by atoms with Gasteiger partial charge in [-0.3, -0.25) is 14.4 Å². The number of anilines is 2. The van der Waals surface area contributed by atoms with Gasteiger partial charge in [0.05, 0.1) is 5.92 Å². The number of amides is 2. The summed E-state index contributed by atoms with van der Waals surface area (Å²) in [4.78, 5) is 46.0. The second-order valence-corrected chi connectivity index (χ2v) is 9.83. The van der Waals surface area contributed by atoms with Gasteiger partial charge in [0.25, 0.3) is 11.8 Å². The first-order chi connectivity index (χ1) is 16.6. The standard InChI is InChI=1S/C27H33FN4O3/c1-17-14-24-22(23(16-30(24)4)25(33)27(35)29(2)3)15-21(17)26(34)32-12-10-20(11-13-32)31(5)19-8-6-18(28)7-9-19/h6-9,14-15,20,23H,10-13,16H2,1-5H3. The molecule has 2 amide bonds. The molecule has 2 aromatic rings. The largest absolute Gasteiger partial charge is 0.373 e. The Bertz CT molecular complexity index is 1140. The van der Waals surface area contributed by atoms with E-state index in [9.17, 15) is 18.8 Å². The van der Waals surface area contributed by atoms with Gasteiger partial charge in [0.1, 0.15) is 5.82 Å². The molecule has 2 aliphatic rings. The second kappa shape index (κ2) is 9.68. The first-order valence-electron chi connectivity index (χ1n) is 12.0. The average Bonchev–Trinajstić information content (AvgIpc) is 3.17. The number of hydrogen-bond acceptors (Lipinski definition) is 5. The molecule has 2 aliphatic heterocycles. The molecule has 8 heteroatoms. The number of likely N-dealkylation sites (N-methyl/N-ethyl adjacent to an activating group) is 2. The van der Waals surface area contributed by atoms with E-state index in [1.807, 2.05) is 43.0 Å². The highest BCUT2D eigenvalue weighted by atomic mass is 19.1. The van der Waals surface area contributed by atoms with E-state index in [1.165, 1.54) is 17.0 Å². The van der Waals surface area contributed by atoms with Crippen LogP contribution in [0.1, 0.15) is 40.2 Å². The van der Waals surface area contributed by atoms with Crippen molar-refractivity contribution in [3.05, 3.63) is 58.9 Å². The first-order valence-corrected chi connectivity index (χ1v) is 12.0. The molecule has 0 spiro atoms. The third kappa shape index (κ3) is 4.74. The SMILES string of the molecule is Cc1cc2c(cc1C(=O)N1CCC(N(C)c3ccc(F)cc3)CC1)C(C(=O)C(=O)N(C)C)CN2C. The molecule has 2 aromatic carbocycles. The Hall–Kier alpha value is -3.42. The van der Waals surface area contributed by atoms with E-state index < -0.39 is 17.6 Å². The lowest BCUT2D eigenvalue weighted by atomic mass is 9.92. The van der Waals surface area contributed by atoms with Crippen LogP contribution in [0.25, 0.3) is 0 Å². The van der Waals surface area contributed by atoms with E-state index >= 15 is 0 Å². The van der Waals surface area contributed by atoms with Gasteiger partial charge in [-0.15, -0.1) is 0 Å². The summed E-state index contributed by atoms with van der Waals surface area (Å²) in [6.45, 7) is 3.57. The number of piperidine rings is 1.